The number of para-hydroxylation sites is 2. The van der Waals surface area contributed by atoms with Gasteiger partial charge in [0.2, 0.25) is 0 Å². The standard InChI is InChI=1S/C30H30N4O4/c1-38-21-14-12-20(13-15-21)24(25-19-31-26-10-4-2-8-22(25)26)18-32-28(35)29(36)33-27-11-5-3-9-23(27)30(37)34-16-6-7-17-34/h2-5,8-15,19,24,31H,6-7,16-18H2,1H3,(H,32,35)(H,33,36). The molecule has 0 saturated carbocycles. The minimum absolute atomic E-state index is 0.141. The third kappa shape index (κ3) is 5.25. The molecule has 3 N–H and O–H groups in total. The Morgan fingerprint density at radius 2 is 1.63 bits per heavy atom. The van der Waals surface area contributed by atoms with Crippen LogP contribution in [0, 0.1) is 0 Å². The van der Waals surface area contributed by atoms with Crippen LogP contribution in [0.1, 0.15) is 40.2 Å². The molecule has 8 heteroatoms. The zero-order valence-electron chi connectivity index (χ0n) is 21.2. The Morgan fingerprint density at radius 1 is 0.921 bits per heavy atom. The minimum Gasteiger partial charge on any atom is -0.497 e. The van der Waals surface area contributed by atoms with Gasteiger partial charge < -0.3 is 25.3 Å². The lowest BCUT2D eigenvalue weighted by Gasteiger charge is -2.19. The summed E-state index contributed by atoms with van der Waals surface area (Å²) in [5.41, 5.74) is 3.67. The van der Waals surface area contributed by atoms with Crippen molar-refractivity contribution < 1.29 is 19.1 Å². The number of fused-ring (bicyclic) bond motifs is 1. The number of carbonyl (C=O) groups excluding carboxylic acids is 3. The number of likely N-dealkylation sites (tertiary alicyclic amines) is 1. The Hall–Kier alpha value is -4.59. The summed E-state index contributed by atoms with van der Waals surface area (Å²) in [6.07, 6.45) is 3.87. The molecule has 4 aromatic rings. The van der Waals surface area contributed by atoms with E-state index in [0.717, 1.165) is 40.6 Å². The van der Waals surface area contributed by atoms with Gasteiger partial charge in [-0.25, -0.2) is 0 Å². The molecule has 8 nitrogen and oxygen atoms in total. The Bertz CT molecular complexity index is 1450. The van der Waals surface area contributed by atoms with Crippen LogP contribution in [0.25, 0.3) is 10.9 Å². The van der Waals surface area contributed by atoms with Crippen molar-refractivity contribution in [3.05, 3.63) is 95.7 Å². The molecule has 1 unspecified atom stereocenters. The average Bonchev–Trinajstić information content (AvgIpc) is 3.64. The highest BCUT2D eigenvalue weighted by atomic mass is 16.5. The number of carbonyl (C=O) groups is 3. The van der Waals surface area contributed by atoms with E-state index < -0.39 is 11.8 Å². The van der Waals surface area contributed by atoms with Crippen LogP contribution in [-0.4, -0.2) is 54.3 Å². The van der Waals surface area contributed by atoms with Gasteiger partial charge in [0, 0.05) is 42.7 Å². The summed E-state index contributed by atoms with van der Waals surface area (Å²) in [5.74, 6) is -1.21. The normalized spacial score (nSPS) is 13.8. The van der Waals surface area contributed by atoms with Gasteiger partial charge >= 0.3 is 11.8 Å². The highest BCUT2D eigenvalue weighted by Crippen LogP contribution is 2.31. The maximum atomic E-state index is 12.9. The molecule has 3 amide bonds. The number of nitrogens with one attached hydrogen (secondary N) is 3. The second-order valence-corrected chi connectivity index (χ2v) is 9.32. The van der Waals surface area contributed by atoms with Gasteiger partial charge in [0.15, 0.2) is 0 Å². The fourth-order valence-electron chi connectivity index (χ4n) is 4.95. The van der Waals surface area contributed by atoms with E-state index in [9.17, 15) is 14.4 Å². The van der Waals surface area contributed by atoms with Crippen molar-refractivity contribution in [2.45, 2.75) is 18.8 Å². The molecular weight excluding hydrogens is 480 g/mol. The molecule has 0 spiro atoms. The average molecular weight is 511 g/mol. The monoisotopic (exact) mass is 510 g/mol. The zero-order valence-corrected chi connectivity index (χ0v) is 21.2. The number of ether oxygens (including phenoxy) is 1. The van der Waals surface area contributed by atoms with Gasteiger partial charge in [-0.2, -0.15) is 0 Å². The van der Waals surface area contributed by atoms with Crippen LogP contribution in [0.3, 0.4) is 0 Å². The van der Waals surface area contributed by atoms with Crippen LogP contribution in [0.15, 0.2) is 79.0 Å². The molecule has 1 aliphatic rings. The summed E-state index contributed by atoms with van der Waals surface area (Å²) in [6.45, 7) is 1.60. The number of benzene rings is 3. The zero-order chi connectivity index (χ0) is 26.5. The SMILES string of the molecule is COc1ccc(C(CNC(=O)C(=O)Nc2ccccc2C(=O)N2CCCC2)c2c[nH]c3ccccc23)cc1. The van der Waals surface area contributed by atoms with Crippen LogP contribution < -0.4 is 15.4 Å². The minimum atomic E-state index is -0.820. The van der Waals surface area contributed by atoms with E-state index in [1.807, 2.05) is 54.7 Å². The second-order valence-electron chi connectivity index (χ2n) is 9.32. The van der Waals surface area contributed by atoms with Crippen molar-refractivity contribution in [2.75, 3.05) is 32.1 Å². The summed E-state index contributed by atoms with van der Waals surface area (Å²) in [7, 11) is 1.61. The van der Waals surface area contributed by atoms with Gasteiger partial charge in [-0.05, 0) is 54.3 Å². The van der Waals surface area contributed by atoms with Crippen molar-refractivity contribution in [1.82, 2.24) is 15.2 Å². The third-order valence-electron chi connectivity index (χ3n) is 6.99. The molecule has 0 aliphatic carbocycles. The number of methoxy groups -OCH3 is 1. The van der Waals surface area contributed by atoms with Crippen molar-refractivity contribution in [3.8, 4) is 5.75 Å². The van der Waals surface area contributed by atoms with E-state index in [-0.39, 0.29) is 18.4 Å². The van der Waals surface area contributed by atoms with Crippen LogP contribution in [0.2, 0.25) is 0 Å². The van der Waals surface area contributed by atoms with Gasteiger partial charge in [-0.3, -0.25) is 14.4 Å². The molecule has 5 rings (SSSR count). The first kappa shape index (κ1) is 25.1. The number of nitrogens with zero attached hydrogens (tertiary/aromatic N) is 1. The predicted molar refractivity (Wildman–Crippen MR) is 146 cm³/mol. The van der Waals surface area contributed by atoms with Crippen LogP contribution in [-0.2, 0) is 9.59 Å². The molecule has 2 heterocycles. The molecule has 0 radical (unpaired) electrons. The van der Waals surface area contributed by atoms with Crippen molar-refractivity contribution in [1.29, 1.82) is 0 Å². The lowest BCUT2D eigenvalue weighted by molar-refractivity contribution is -0.136. The number of aromatic amines is 1. The Labute approximate surface area is 221 Å². The lowest BCUT2D eigenvalue weighted by atomic mass is 9.90. The van der Waals surface area contributed by atoms with E-state index in [0.29, 0.717) is 24.3 Å². The van der Waals surface area contributed by atoms with Gasteiger partial charge in [0.25, 0.3) is 5.91 Å². The van der Waals surface area contributed by atoms with E-state index in [4.69, 9.17) is 4.74 Å². The molecule has 1 aromatic heterocycles. The molecule has 3 aromatic carbocycles. The highest BCUT2D eigenvalue weighted by molar-refractivity contribution is 6.40. The van der Waals surface area contributed by atoms with Crippen LogP contribution in [0.4, 0.5) is 5.69 Å². The Kier molecular flexibility index (Phi) is 7.40. The van der Waals surface area contributed by atoms with Gasteiger partial charge in [0.1, 0.15) is 5.75 Å². The summed E-state index contributed by atoms with van der Waals surface area (Å²) in [4.78, 5) is 43.8. The van der Waals surface area contributed by atoms with E-state index in [1.165, 1.54) is 0 Å². The number of rotatable bonds is 7. The molecule has 38 heavy (non-hydrogen) atoms. The van der Waals surface area contributed by atoms with Crippen molar-refractivity contribution >= 4 is 34.3 Å². The molecule has 194 valence electrons. The van der Waals surface area contributed by atoms with Crippen molar-refractivity contribution in [2.24, 2.45) is 0 Å². The second kappa shape index (κ2) is 11.2. The largest absolute Gasteiger partial charge is 0.497 e. The fraction of sp³-hybridized carbons (Fsp3) is 0.233. The molecular formula is C30H30N4O4. The highest BCUT2D eigenvalue weighted by Gasteiger charge is 2.25. The quantitative estimate of drug-likeness (QED) is 0.323. The number of aromatic nitrogens is 1. The van der Waals surface area contributed by atoms with E-state index in [2.05, 4.69) is 15.6 Å². The number of amides is 3. The van der Waals surface area contributed by atoms with Crippen molar-refractivity contribution in [3.63, 3.8) is 0 Å². The lowest BCUT2D eigenvalue weighted by Crippen LogP contribution is -2.38. The van der Waals surface area contributed by atoms with E-state index >= 15 is 0 Å². The van der Waals surface area contributed by atoms with Crippen LogP contribution in [0.5, 0.6) is 5.75 Å². The Balaban J connectivity index is 1.33. The third-order valence-corrected chi connectivity index (χ3v) is 6.99. The molecule has 1 aliphatic heterocycles. The maximum absolute atomic E-state index is 12.9. The van der Waals surface area contributed by atoms with Crippen LogP contribution >= 0.6 is 0 Å². The molecule has 1 atom stereocenters. The number of anilines is 1. The number of hydrogen-bond acceptors (Lipinski definition) is 4. The molecule has 0 bridgehead atoms. The topological polar surface area (TPSA) is 104 Å². The van der Waals surface area contributed by atoms with Gasteiger partial charge in [0.05, 0.1) is 18.4 Å². The predicted octanol–water partition coefficient (Wildman–Crippen LogP) is 4.30. The van der Waals surface area contributed by atoms with Gasteiger partial charge in [-0.15, -0.1) is 0 Å². The summed E-state index contributed by atoms with van der Waals surface area (Å²) in [5, 5.41) is 6.47. The first-order chi connectivity index (χ1) is 18.5. The first-order valence-corrected chi connectivity index (χ1v) is 12.7. The van der Waals surface area contributed by atoms with E-state index in [1.54, 1.807) is 36.3 Å². The summed E-state index contributed by atoms with van der Waals surface area (Å²) in [6, 6.07) is 22.4. The smallest absolute Gasteiger partial charge is 0.313 e. The number of hydrogen-bond donors (Lipinski definition) is 3. The Morgan fingerprint density at radius 3 is 2.39 bits per heavy atom. The summed E-state index contributed by atoms with van der Waals surface area (Å²) < 4.78 is 5.30. The fourth-order valence-corrected chi connectivity index (χ4v) is 4.95. The number of H-pyrrole nitrogens is 1. The molecule has 1 saturated heterocycles. The first-order valence-electron chi connectivity index (χ1n) is 12.7. The molecule has 1 fully saturated rings. The summed E-state index contributed by atoms with van der Waals surface area (Å²) >= 11 is 0. The van der Waals surface area contributed by atoms with Gasteiger partial charge in [-0.1, -0.05) is 42.5 Å². The maximum Gasteiger partial charge on any atom is 0.313 e.